The maximum Gasteiger partial charge on any atom is 1.00 e. The van der Waals surface area contributed by atoms with Gasteiger partial charge in [0.05, 0.1) is 5.60 Å². The Kier molecular flexibility index (Phi) is 28.4. The third kappa shape index (κ3) is 201. The molecule has 0 radical (unpaired) electrons. The summed E-state index contributed by atoms with van der Waals surface area (Å²) in [4.78, 5) is 0. The van der Waals surface area contributed by atoms with Gasteiger partial charge in [-0.25, -0.2) is 0 Å². The molecule has 0 aliphatic rings. The van der Waals surface area contributed by atoms with Crippen molar-refractivity contribution >= 4 is 0 Å². The third-order valence-electron chi connectivity index (χ3n) is 0.354. The van der Waals surface area contributed by atoms with E-state index in [1.54, 1.807) is 20.8 Å². The van der Waals surface area contributed by atoms with Gasteiger partial charge >= 0.3 is 37.7 Å². The second kappa shape index (κ2) is 13.7. The van der Waals surface area contributed by atoms with Gasteiger partial charge < -0.3 is 13.5 Å². The monoisotopic (exact) mass is 146 g/mol. The van der Waals surface area contributed by atoms with Gasteiger partial charge in [0.25, 0.3) is 0 Å². The van der Waals surface area contributed by atoms with Gasteiger partial charge in [0.1, 0.15) is 0 Å². The van der Waals surface area contributed by atoms with Crippen LogP contribution in [-0.4, -0.2) is 10.7 Å². The summed E-state index contributed by atoms with van der Waals surface area (Å²) >= 11 is 0. The molecule has 0 bridgehead atoms. The molecular weight excluding hydrogens is 126 g/mol. The number of rotatable bonds is 1. The fourth-order valence-electron chi connectivity index (χ4n) is 0. The zero-order chi connectivity index (χ0) is 7.91. The van der Waals surface area contributed by atoms with E-state index >= 15 is 0 Å². The molecule has 1 nitrogen and oxygen atoms in total. The van der Waals surface area contributed by atoms with Crippen LogP contribution >= 0.6 is 0 Å². The fourth-order valence-corrected chi connectivity index (χ4v) is 0. The van der Waals surface area contributed by atoms with Crippen LogP contribution in [0.3, 0.4) is 0 Å². The molecule has 0 fully saturated rings. The van der Waals surface area contributed by atoms with Crippen LogP contribution in [0.1, 0.15) is 42.0 Å². The summed E-state index contributed by atoms with van der Waals surface area (Å²) in [6, 6.07) is 0. The van der Waals surface area contributed by atoms with Crippen molar-refractivity contribution in [2.75, 3.05) is 0 Å². The maximum absolute atomic E-state index is 8.52. The molecule has 1 N–H and O–H groups in total. The summed E-state index contributed by atoms with van der Waals surface area (Å²) in [5.41, 5.74) is -0.500. The first-order chi connectivity index (χ1) is 3.91. The Labute approximate surface area is 97.2 Å². The van der Waals surface area contributed by atoms with E-state index in [2.05, 4.69) is 13.8 Å². The van der Waals surface area contributed by atoms with Crippen LogP contribution in [-0.2, 0) is 0 Å². The van der Waals surface area contributed by atoms with Crippen molar-refractivity contribution in [3.05, 3.63) is 6.92 Å². The second-order valence-electron chi connectivity index (χ2n) is 3.02. The summed E-state index contributed by atoms with van der Waals surface area (Å²) in [7, 11) is 0. The van der Waals surface area contributed by atoms with Gasteiger partial charge in [0, 0.05) is 0 Å². The van der Waals surface area contributed by atoms with Crippen molar-refractivity contribution in [1.82, 2.24) is 0 Å². The summed E-state index contributed by atoms with van der Waals surface area (Å²) in [6.07, 6.45) is 2.28. The van der Waals surface area contributed by atoms with Crippen molar-refractivity contribution in [3.8, 4) is 0 Å². The van der Waals surface area contributed by atoms with E-state index < -0.39 is 5.60 Å². The van der Waals surface area contributed by atoms with Crippen LogP contribution in [0.4, 0.5) is 0 Å². The molecule has 0 aliphatic carbocycles. The Morgan fingerprint density at radius 1 is 1.27 bits per heavy atom. The van der Waals surface area contributed by atoms with E-state index in [-0.39, 0.29) is 39.1 Å². The molecule has 0 unspecified atom stereocenters. The van der Waals surface area contributed by atoms with E-state index in [4.69, 9.17) is 5.11 Å². The Hall–Kier alpha value is 1.15. The summed E-state index contributed by atoms with van der Waals surface area (Å²) in [6.45, 7) is 11.0. The largest absolute Gasteiger partial charge is 1.00 e. The number of hydrogen-bond acceptors (Lipinski definition) is 1. The molecule has 0 aromatic heterocycles. The third-order valence-corrected chi connectivity index (χ3v) is 0.354. The predicted octanol–water partition coefficient (Wildman–Crippen LogP) is -3.48. The van der Waals surface area contributed by atoms with E-state index in [0.717, 1.165) is 6.42 Å². The van der Waals surface area contributed by atoms with Crippen LogP contribution in [0.5, 0.6) is 0 Å². The van der Waals surface area contributed by atoms with Crippen LogP contribution in [0.15, 0.2) is 0 Å². The Balaban J connectivity index is -0.0000000221. The average molecular weight is 146 g/mol. The zero-order valence-electron chi connectivity index (χ0n) is 10.1. The average Bonchev–Trinajstić information content (AvgIpc) is 1.61. The van der Waals surface area contributed by atoms with Crippen molar-refractivity contribution < 1.29 is 44.3 Å². The molecule has 0 amide bonds. The van der Waals surface area contributed by atoms with Gasteiger partial charge in [-0.2, -0.15) is 6.42 Å². The molecule has 0 spiro atoms. The van der Waals surface area contributed by atoms with Crippen molar-refractivity contribution in [3.63, 3.8) is 0 Å². The minimum Gasteiger partial charge on any atom is -1.00 e. The van der Waals surface area contributed by atoms with Gasteiger partial charge in [-0.1, -0.05) is 13.3 Å². The van der Waals surface area contributed by atoms with Gasteiger partial charge in [0.2, 0.25) is 0 Å². The summed E-state index contributed by atoms with van der Waals surface area (Å²) in [5.74, 6) is 0. The Morgan fingerprint density at radius 2 is 1.36 bits per heavy atom. The van der Waals surface area contributed by atoms with Crippen LogP contribution < -0.4 is 37.7 Å². The van der Waals surface area contributed by atoms with Crippen LogP contribution in [0, 0.1) is 6.92 Å². The van der Waals surface area contributed by atoms with Crippen molar-refractivity contribution in [2.45, 2.75) is 46.1 Å². The van der Waals surface area contributed by atoms with E-state index in [1.165, 1.54) is 6.42 Å². The zero-order valence-corrected chi connectivity index (χ0v) is 9.07. The minimum atomic E-state index is -0.500. The predicted molar refractivity (Wildman–Crippen MR) is 43.3 cm³/mol. The standard InChI is InChI=1S/C4H10O.C4H9.2Li.H/c1-4(2,3)5;1-3-4-2;;;/h5H,1-3H3;1,3-4H2,2H3;;;/q;-1;2*+1;-1. The molecular formula is C8H20Li2O. The maximum atomic E-state index is 8.52. The van der Waals surface area contributed by atoms with Gasteiger partial charge in [-0.05, 0) is 20.8 Å². The number of aliphatic hydroxyl groups is 1. The summed E-state index contributed by atoms with van der Waals surface area (Å²) in [5, 5.41) is 8.52. The van der Waals surface area contributed by atoms with E-state index in [9.17, 15) is 0 Å². The normalized spacial score (nSPS) is 8.18. The fraction of sp³-hybridized carbons (Fsp3) is 0.875. The van der Waals surface area contributed by atoms with E-state index in [1.807, 2.05) is 0 Å². The van der Waals surface area contributed by atoms with Gasteiger partial charge in [-0.15, -0.1) is 0 Å². The molecule has 0 saturated heterocycles. The van der Waals surface area contributed by atoms with Crippen molar-refractivity contribution in [1.29, 1.82) is 0 Å². The van der Waals surface area contributed by atoms with Gasteiger partial charge in [0.15, 0.2) is 0 Å². The molecule has 0 saturated carbocycles. The minimum absolute atomic E-state index is 0. The molecule has 0 aromatic rings. The van der Waals surface area contributed by atoms with E-state index in [0.29, 0.717) is 0 Å². The molecule has 60 valence electrons. The smallest absolute Gasteiger partial charge is 1.00 e. The number of hydrogen-bond donors (Lipinski definition) is 1. The first-order valence-corrected chi connectivity index (χ1v) is 3.43. The van der Waals surface area contributed by atoms with Crippen LogP contribution in [0.25, 0.3) is 0 Å². The van der Waals surface area contributed by atoms with Crippen LogP contribution in [0.2, 0.25) is 0 Å². The summed E-state index contributed by atoms with van der Waals surface area (Å²) < 4.78 is 0. The first kappa shape index (κ1) is 22.7. The van der Waals surface area contributed by atoms with Crippen molar-refractivity contribution in [2.24, 2.45) is 0 Å². The molecule has 0 aromatic carbocycles. The second-order valence-corrected chi connectivity index (χ2v) is 3.02. The quantitative estimate of drug-likeness (QED) is 0.301. The van der Waals surface area contributed by atoms with Gasteiger partial charge in [-0.3, -0.25) is 0 Å². The first-order valence-electron chi connectivity index (χ1n) is 3.43. The number of unbranched alkanes of at least 4 members (excludes halogenated alkanes) is 1. The molecule has 0 heterocycles. The topological polar surface area (TPSA) is 20.2 Å². The SMILES string of the molecule is CC(C)(C)O.[CH2-]CCC.[H-].[Li+].[Li+]. The molecule has 3 heteroatoms. The Morgan fingerprint density at radius 3 is 1.36 bits per heavy atom. The molecule has 11 heavy (non-hydrogen) atoms. The Bertz CT molecular complexity index is 47.5. The molecule has 0 rings (SSSR count). The molecule has 0 atom stereocenters. The molecule has 0 aliphatic heterocycles.